The lowest BCUT2D eigenvalue weighted by atomic mass is 9.99. The third-order valence-electron chi connectivity index (χ3n) is 3.48. The highest BCUT2D eigenvalue weighted by molar-refractivity contribution is 9.10. The van der Waals surface area contributed by atoms with Gasteiger partial charge in [0.1, 0.15) is 11.5 Å². The molecule has 0 spiro atoms. The van der Waals surface area contributed by atoms with Crippen LogP contribution in [0.2, 0.25) is 0 Å². The van der Waals surface area contributed by atoms with Gasteiger partial charge in [0.05, 0.1) is 16.4 Å². The Bertz CT molecular complexity index is 779. The molecule has 0 saturated carbocycles. The summed E-state index contributed by atoms with van der Waals surface area (Å²) in [6, 6.07) is 5.69. The number of rotatable bonds is 2. The fourth-order valence-electron chi connectivity index (χ4n) is 2.58. The number of aromatic nitrogens is 1. The van der Waals surface area contributed by atoms with Crippen LogP contribution in [0.4, 0.5) is 10.1 Å². The molecular weight excluding hydrogens is 343 g/mol. The van der Waals surface area contributed by atoms with Crippen molar-refractivity contribution < 1.29 is 14.1 Å². The molecule has 1 aromatic heterocycles. The molecule has 1 aromatic carbocycles. The van der Waals surface area contributed by atoms with Gasteiger partial charge in [-0.05, 0) is 34.0 Å². The highest BCUT2D eigenvalue weighted by Gasteiger charge is 2.38. The molecule has 2 aromatic rings. The highest BCUT2D eigenvalue weighted by Crippen LogP contribution is 2.38. The maximum atomic E-state index is 13.8. The van der Waals surface area contributed by atoms with Crippen molar-refractivity contribution in [2.45, 2.75) is 12.3 Å². The third kappa shape index (κ3) is 2.23. The van der Waals surface area contributed by atoms with Gasteiger partial charge in [-0.3, -0.25) is 19.9 Å². The Kier molecular flexibility index (Phi) is 3.29. The van der Waals surface area contributed by atoms with Crippen LogP contribution < -0.4 is 0 Å². The van der Waals surface area contributed by atoms with Gasteiger partial charge in [-0.2, -0.15) is 0 Å². The second kappa shape index (κ2) is 5.00. The number of nitro groups is 1. The van der Waals surface area contributed by atoms with Gasteiger partial charge >= 0.3 is 0 Å². The summed E-state index contributed by atoms with van der Waals surface area (Å²) >= 11 is 3.12. The number of fused-ring (bicyclic) bond motifs is 1. The van der Waals surface area contributed by atoms with E-state index in [0.29, 0.717) is 10.0 Å². The molecule has 0 saturated heterocycles. The van der Waals surface area contributed by atoms with E-state index in [4.69, 9.17) is 0 Å². The number of hydrogen-bond donors (Lipinski definition) is 0. The zero-order chi connectivity index (χ0) is 15.1. The first-order chi connectivity index (χ1) is 9.99. The smallest absolute Gasteiger partial charge is 0.292 e. The van der Waals surface area contributed by atoms with Crippen LogP contribution in [0.15, 0.2) is 34.9 Å². The van der Waals surface area contributed by atoms with E-state index in [0.717, 1.165) is 0 Å². The first kappa shape index (κ1) is 13.8. The van der Waals surface area contributed by atoms with Crippen molar-refractivity contribution in [2.75, 3.05) is 0 Å². The molecule has 3 rings (SSSR count). The van der Waals surface area contributed by atoms with Crippen molar-refractivity contribution in [1.29, 1.82) is 0 Å². The maximum absolute atomic E-state index is 13.8. The zero-order valence-electron chi connectivity index (χ0n) is 10.5. The quantitative estimate of drug-likeness (QED) is 0.614. The molecule has 1 heterocycles. The van der Waals surface area contributed by atoms with Crippen molar-refractivity contribution in [3.8, 4) is 0 Å². The van der Waals surface area contributed by atoms with Gasteiger partial charge in [0, 0.05) is 16.7 Å². The summed E-state index contributed by atoms with van der Waals surface area (Å²) < 4.78 is 14.2. The topological polar surface area (TPSA) is 73.1 Å². The summed E-state index contributed by atoms with van der Waals surface area (Å²) in [5.41, 5.74) is 0.408. The molecule has 0 bridgehead atoms. The van der Waals surface area contributed by atoms with E-state index < -0.39 is 22.4 Å². The van der Waals surface area contributed by atoms with Gasteiger partial charge < -0.3 is 0 Å². The normalized spacial score (nSPS) is 16.9. The Morgan fingerprint density at radius 2 is 2.19 bits per heavy atom. The van der Waals surface area contributed by atoms with E-state index in [1.807, 2.05) is 0 Å². The fourth-order valence-corrected chi connectivity index (χ4v) is 2.90. The lowest BCUT2D eigenvalue weighted by Crippen LogP contribution is -2.12. The summed E-state index contributed by atoms with van der Waals surface area (Å²) in [7, 11) is 0. The summed E-state index contributed by atoms with van der Waals surface area (Å²) in [6.07, 6.45) is 1.62. The van der Waals surface area contributed by atoms with Crippen LogP contribution >= 0.6 is 15.9 Å². The molecule has 1 unspecified atom stereocenters. The summed E-state index contributed by atoms with van der Waals surface area (Å²) in [5.74, 6) is -1.87. The summed E-state index contributed by atoms with van der Waals surface area (Å²) in [5, 5.41) is 11.1. The first-order valence-electron chi connectivity index (χ1n) is 6.10. The number of carbonyl (C=O) groups excluding carboxylic acids is 1. The molecule has 5 nitrogen and oxygen atoms in total. The fraction of sp³-hybridized carbons (Fsp3) is 0.143. The highest BCUT2D eigenvalue weighted by atomic mass is 79.9. The van der Waals surface area contributed by atoms with E-state index in [9.17, 15) is 19.3 Å². The van der Waals surface area contributed by atoms with E-state index in [1.54, 1.807) is 6.07 Å². The van der Waals surface area contributed by atoms with E-state index in [2.05, 4.69) is 20.9 Å². The van der Waals surface area contributed by atoms with Crippen molar-refractivity contribution in [1.82, 2.24) is 4.98 Å². The van der Waals surface area contributed by atoms with Crippen molar-refractivity contribution in [3.63, 3.8) is 0 Å². The number of ketones is 1. The van der Waals surface area contributed by atoms with E-state index in [-0.39, 0.29) is 23.4 Å². The predicted molar refractivity (Wildman–Crippen MR) is 75.8 cm³/mol. The molecule has 0 amide bonds. The average Bonchev–Trinajstić information content (AvgIpc) is 2.77. The SMILES string of the molecule is O=C1c2c(F)cccc2CC1c1ncc(Br)cc1[N+](=O)[O-]. The molecule has 1 aliphatic rings. The summed E-state index contributed by atoms with van der Waals surface area (Å²) in [6.45, 7) is 0. The van der Waals surface area contributed by atoms with Gasteiger partial charge in [-0.15, -0.1) is 0 Å². The van der Waals surface area contributed by atoms with Crippen molar-refractivity contribution in [3.05, 3.63) is 67.7 Å². The molecule has 106 valence electrons. The number of hydrogen-bond acceptors (Lipinski definition) is 4. The molecule has 0 aliphatic heterocycles. The second-order valence-corrected chi connectivity index (χ2v) is 5.63. The van der Waals surface area contributed by atoms with Crippen LogP contribution in [0.25, 0.3) is 0 Å². The molecule has 0 fully saturated rings. The Balaban J connectivity index is 2.11. The maximum Gasteiger partial charge on any atom is 0.292 e. The van der Waals surface area contributed by atoms with Crippen LogP contribution in [0, 0.1) is 15.9 Å². The molecule has 0 N–H and O–H groups in total. The number of halogens is 2. The van der Waals surface area contributed by atoms with Crippen molar-refractivity contribution in [2.24, 2.45) is 0 Å². The minimum absolute atomic E-state index is 0.0153. The van der Waals surface area contributed by atoms with Crippen LogP contribution in [-0.4, -0.2) is 15.7 Å². The predicted octanol–water partition coefficient (Wildman–Crippen LogP) is 3.41. The van der Waals surface area contributed by atoms with E-state index in [1.165, 1.54) is 24.4 Å². The van der Waals surface area contributed by atoms with Gasteiger partial charge in [0.25, 0.3) is 5.69 Å². The van der Waals surface area contributed by atoms with Crippen LogP contribution in [-0.2, 0) is 6.42 Å². The molecular formula is C14H8BrFN2O3. The molecule has 0 radical (unpaired) electrons. The lowest BCUT2D eigenvalue weighted by molar-refractivity contribution is -0.386. The number of pyridine rings is 1. The van der Waals surface area contributed by atoms with Gasteiger partial charge in [0.2, 0.25) is 0 Å². The molecule has 1 aliphatic carbocycles. The second-order valence-electron chi connectivity index (χ2n) is 4.71. The Morgan fingerprint density at radius 3 is 2.86 bits per heavy atom. The van der Waals surface area contributed by atoms with Gasteiger partial charge in [-0.1, -0.05) is 12.1 Å². The average molecular weight is 351 g/mol. The Hall–Kier alpha value is -2.15. The molecule has 21 heavy (non-hydrogen) atoms. The lowest BCUT2D eigenvalue weighted by Gasteiger charge is -2.08. The zero-order valence-corrected chi connectivity index (χ0v) is 12.1. The standard InChI is InChI=1S/C14H8BrFN2O3/c15-8-5-11(18(20)21)13(17-6-8)9-4-7-2-1-3-10(16)12(7)14(9)19/h1-3,5-6,9H,4H2. The van der Waals surface area contributed by atoms with Gasteiger partial charge in [-0.25, -0.2) is 4.39 Å². The minimum Gasteiger partial charge on any atom is -0.293 e. The number of benzene rings is 1. The van der Waals surface area contributed by atoms with Crippen LogP contribution in [0.5, 0.6) is 0 Å². The number of Topliss-reactive ketones (excluding diaryl/α,β-unsaturated/α-hetero) is 1. The molecule has 7 heteroatoms. The van der Waals surface area contributed by atoms with Gasteiger partial charge in [0.15, 0.2) is 5.78 Å². The number of nitrogens with zero attached hydrogens (tertiary/aromatic N) is 2. The van der Waals surface area contributed by atoms with Crippen LogP contribution in [0.1, 0.15) is 27.5 Å². The van der Waals surface area contributed by atoms with Crippen LogP contribution in [0.3, 0.4) is 0 Å². The Morgan fingerprint density at radius 1 is 1.43 bits per heavy atom. The number of carbonyl (C=O) groups is 1. The molecule has 1 atom stereocenters. The van der Waals surface area contributed by atoms with Crippen molar-refractivity contribution >= 4 is 27.4 Å². The summed E-state index contributed by atoms with van der Waals surface area (Å²) in [4.78, 5) is 26.9. The first-order valence-corrected chi connectivity index (χ1v) is 6.89. The Labute approximate surface area is 127 Å². The van der Waals surface area contributed by atoms with E-state index >= 15 is 0 Å². The largest absolute Gasteiger partial charge is 0.293 e. The third-order valence-corrected chi connectivity index (χ3v) is 3.91. The minimum atomic E-state index is -0.814. The monoisotopic (exact) mass is 350 g/mol.